The predicted octanol–water partition coefficient (Wildman–Crippen LogP) is -1.44. The Kier molecular flexibility index (Phi) is 1.74. The lowest BCUT2D eigenvalue weighted by atomic mass is 15.8. The minimum absolute atomic E-state index is 2.87. The average molecular weight is 81.0 g/mol. The summed E-state index contributed by atoms with van der Waals surface area (Å²) < 4.78 is 0. The predicted molar refractivity (Wildman–Crippen MR) is 11.4 cm³/mol. The molecule has 4 heavy (non-hydrogen) atoms. The molecule has 0 bridgehead atoms. The molecule has 4 heteroatoms. The van der Waals surface area contributed by atoms with Gasteiger partial charge in [-0.05, 0) is 0 Å². The molecule has 3 nitrogen and oxygen atoms in total. The van der Waals surface area contributed by atoms with Crippen molar-refractivity contribution in [3.05, 3.63) is 0 Å². The number of hydrogen-bond donors (Lipinski definition) is 2. The van der Waals surface area contributed by atoms with Crippen molar-refractivity contribution in [1.29, 1.82) is 0 Å². The van der Waals surface area contributed by atoms with Crippen molar-refractivity contribution in [3.8, 4) is 0 Å². The van der Waals surface area contributed by atoms with Crippen molar-refractivity contribution >= 4 is 8.60 Å². The van der Waals surface area contributed by atoms with E-state index in [0.29, 0.717) is 0 Å². The molecule has 26 valence electrons. The Labute approximate surface area is 24.5 Å². The van der Waals surface area contributed by atoms with E-state index in [-0.39, 0.29) is 0 Å². The van der Waals surface area contributed by atoms with E-state index in [4.69, 9.17) is 14.7 Å². The molecule has 0 aromatic rings. The highest BCUT2D eigenvalue weighted by atomic mass is 31.2. The zero-order valence-electron chi connectivity index (χ0n) is 1.75. The largest absolute Gasteiger partial charge is 0.786 e. The molecule has 0 saturated heterocycles. The van der Waals surface area contributed by atoms with Crippen LogP contribution >= 0.6 is 8.60 Å². The van der Waals surface area contributed by atoms with Crippen molar-refractivity contribution in [1.82, 2.24) is 0 Å². The molecule has 0 unspecified atom stereocenters. The molecule has 0 aliphatic carbocycles. The van der Waals surface area contributed by atoms with E-state index in [1.807, 2.05) is 0 Å². The maximum absolute atomic E-state index is 8.70. The Balaban J connectivity index is 2.32. The van der Waals surface area contributed by atoms with Crippen LogP contribution < -0.4 is 4.89 Å². The van der Waals surface area contributed by atoms with Gasteiger partial charge in [-0.2, -0.15) is 0 Å². The first-order chi connectivity index (χ1) is 1.73. The van der Waals surface area contributed by atoms with Gasteiger partial charge in [0.1, 0.15) is 0 Å². The van der Waals surface area contributed by atoms with Crippen LogP contribution in [0, 0.1) is 0 Å². The third kappa shape index (κ3) is 41.3. The van der Waals surface area contributed by atoms with Crippen molar-refractivity contribution in [2.45, 2.75) is 0 Å². The summed E-state index contributed by atoms with van der Waals surface area (Å²) >= 11 is 0. The van der Waals surface area contributed by atoms with Crippen LogP contribution in [0.2, 0.25) is 0 Å². The number of hydrogen-bond acceptors (Lipinski definition) is 3. The second kappa shape index (κ2) is 1.61. The van der Waals surface area contributed by atoms with Crippen molar-refractivity contribution < 1.29 is 14.7 Å². The molecule has 0 heterocycles. The average Bonchev–Trinajstić information content (AvgIpc) is 0.811. The smallest absolute Gasteiger partial charge is 0.0755 e. The Morgan fingerprint density at radius 3 is 1.50 bits per heavy atom. The number of rotatable bonds is 0. The topological polar surface area (TPSA) is 63.5 Å². The summed E-state index contributed by atoms with van der Waals surface area (Å²) in [6.45, 7) is 0. The molecule has 0 amide bonds. The Morgan fingerprint density at radius 2 is 1.50 bits per heavy atom. The standard InChI is InChI=1S/H2O3P/c1-4(2)3/h1-2H/q-1. The molecule has 0 spiro atoms. The summed E-state index contributed by atoms with van der Waals surface area (Å²) in [6.07, 6.45) is 0. The van der Waals surface area contributed by atoms with E-state index >= 15 is 0 Å². The Morgan fingerprint density at radius 1 is 1.50 bits per heavy atom. The quantitative estimate of drug-likeness (QED) is 0.351. The summed E-state index contributed by atoms with van der Waals surface area (Å²) in [7, 11) is -2.87. The minimum atomic E-state index is -2.87. The Hall–Kier alpha value is 0.310. The highest BCUT2D eigenvalue weighted by Crippen LogP contribution is 2.03. The zero-order valence-corrected chi connectivity index (χ0v) is 2.64. The lowest BCUT2D eigenvalue weighted by molar-refractivity contribution is -0.193. The summed E-state index contributed by atoms with van der Waals surface area (Å²) in [6, 6.07) is 0. The van der Waals surface area contributed by atoms with Crippen LogP contribution in [-0.4, -0.2) is 9.79 Å². The molecule has 0 aromatic carbocycles. The zero-order chi connectivity index (χ0) is 3.58. The van der Waals surface area contributed by atoms with Gasteiger partial charge in [-0.1, -0.05) is 0 Å². The highest BCUT2D eigenvalue weighted by molar-refractivity contribution is 7.36. The first kappa shape index (κ1) is 4.31. The van der Waals surface area contributed by atoms with Gasteiger partial charge in [0.15, 0.2) is 0 Å². The fraction of sp³-hybridized carbons (Fsp3) is 0. The second-order valence-corrected chi connectivity index (χ2v) is 0.758. The van der Waals surface area contributed by atoms with Gasteiger partial charge in [0.2, 0.25) is 0 Å². The van der Waals surface area contributed by atoms with Gasteiger partial charge >= 0.3 is 0 Å². The maximum Gasteiger partial charge on any atom is 0.0755 e. The fourth-order valence-corrected chi connectivity index (χ4v) is 0. The third-order valence-corrected chi connectivity index (χ3v) is 0. The van der Waals surface area contributed by atoms with Crippen molar-refractivity contribution in [3.63, 3.8) is 0 Å². The molecule has 0 rings (SSSR count). The Bertz CT molecular complexity index is 8.00. The fourth-order valence-electron chi connectivity index (χ4n) is 0. The SMILES string of the molecule is [O-]P(O)O. The van der Waals surface area contributed by atoms with Crippen LogP contribution in [0.15, 0.2) is 0 Å². The first-order valence-corrected chi connectivity index (χ1v) is 1.75. The lowest BCUT2D eigenvalue weighted by Crippen LogP contribution is -1.87. The molecule has 0 aromatic heterocycles. The van der Waals surface area contributed by atoms with Gasteiger partial charge in [0.05, 0.1) is 8.60 Å². The summed E-state index contributed by atoms with van der Waals surface area (Å²) in [5.41, 5.74) is 0. The molecule has 0 fully saturated rings. The van der Waals surface area contributed by atoms with Gasteiger partial charge in [-0.25, -0.2) is 0 Å². The summed E-state index contributed by atoms with van der Waals surface area (Å²) in [5.74, 6) is 0. The van der Waals surface area contributed by atoms with Gasteiger partial charge in [-0.15, -0.1) is 0 Å². The van der Waals surface area contributed by atoms with Crippen LogP contribution in [0.4, 0.5) is 0 Å². The molecular weight excluding hydrogens is 79.0 g/mol. The normalized spacial score (nSPS) is 9.00. The van der Waals surface area contributed by atoms with Crippen LogP contribution in [0.5, 0.6) is 0 Å². The van der Waals surface area contributed by atoms with E-state index < -0.39 is 8.60 Å². The van der Waals surface area contributed by atoms with E-state index in [0.717, 1.165) is 0 Å². The molecule has 0 saturated carbocycles. The summed E-state index contributed by atoms with van der Waals surface area (Å²) in [4.78, 5) is 22.9. The monoisotopic (exact) mass is 81.0 g/mol. The minimum Gasteiger partial charge on any atom is -0.786 e. The molecule has 0 radical (unpaired) electrons. The van der Waals surface area contributed by atoms with Crippen LogP contribution in [0.3, 0.4) is 0 Å². The van der Waals surface area contributed by atoms with Gasteiger partial charge < -0.3 is 14.7 Å². The van der Waals surface area contributed by atoms with Crippen LogP contribution in [-0.2, 0) is 0 Å². The summed E-state index contributed by atoms with van der Waals surface area (Å²) in [5, 5.41) is 0. The molecule has 2 N–H and O–H groups in total. The van der Waals surface area contributed by atoms with E-state index in [1.54, 1.807) is 0 Å². The molecular formula is H2O3P-. The van der Waals surface area contributed by atoms with E-state index in [2.05, 4.69) is 0 Å². The van der Waals surface area contributed by atoms with Crippen molar-refractivity contribution in [2.24, 2.45) is 0 Å². The van der Waals surface area contributed by atoms with Gasteiger partial charge in [-0.3, -0.25) is 0 Å². The van der Waals surface area contributed by atoms with Gasteiger partial charge in [0.25, 0.3) is 0 Å². The van der Waals surface area contributed by atoms with Crippen LogP contribution in [0.25, 0.3) is 0 Å². The molecule has 0 atom stereocenters. The first-order valence-electron chi connectivity index (χ1n) is 0.583. The molecule has 0 aliphatic heterocycles. The van der Waals surface area contributed by atoms with E-state index in [9.17, 15) is 0 Å². The van der Waals surface area contributed by atoms with Crippen molar-refractivity contribution in [2.75, 3.05) is 0 Å². The highest BCUT2D eigenvalue weighted by Gasteiger charge is 1.55. The van der Waals surface area contributed by atoms with Crippen LogP contribution in [0.1, 0.15) is 0 Å². The molecule has 0 aliphatic rings. The second-order valence-electron chi connectivity index (χ2n) is 0.253. The third-order valence-electron chi connectivity index (χ3n) is 0. The maximum atomic E-state index is 8.70. The van der Waals surface area contributed by atoms with Gasteiger partial charge in [0, 0.05) is 0 Å². The lowest BCUT2D eigenvalue weighted by Gasteiger charge is -1.99. The van der Waals surface area contributed by atoms with E-state index in [1.165, 1.54) is 0 Å².